The minimum absolute atomic E-state index is 0.0730. The van der Waals surface area contributed by atoms with Crippen LogP contribution in [0.5, 0.6) is 0 Å². The van der Waals surface area contributed by atoms with Gasteiger partial charge in [0.15, 0.2) is 0 Å². The Morgan fingerprint density at radius 3 is 2.77 bits per heavy atom. The number of esters is 1. The minimum atomic E-state index is -0.758. The molecule has 0 N–H and O–H groups in total. The number of hydrogen-bond acceptors (Lipinski definition) is 3. The molecule has 4 saturated carbocycles. The van der Waals surface area contributed by atoms with Gasteiger partial charge in [-0.25, -0.2) is 0 Å². The molecule has 3 bridgehead atoms. The van der Waals surface area contributed by atoms with E-state index in [1.807, 2.05) is 0 Å². The van der Waals surface area contributed by atoms with Gasteiger partial charge in [-0.3, -0.25) is 0 Å². The fraction of sp³-hybridized carbons (Fsp3) is 0.846. The Morgan fingerprint density at radius 2 is 2.10 bits per heavy atom. The maximum absolute atomic E-state index is 13.5. The van der Waals surface area contributed by atoms with E-state index in [0.717, 1.165) is 37.5 Å². The zero-order chi connectivity index (χ0) is 22.3. The summed E-state index contributed by atoms with van der Waals surface area (Å²) in [5, 5.41) is 0. The third kappa shape index (κ3) is 3.17. The van der Waals surface area contributed by atoms with Crippen LogP contribution in [0.1, 0.15) is 86.0 Å². The van der Waals surface area contributed by atoms with Crippen LogP contribution in [0, 0.1) is 34.7 Å². The predicted octanol–water partition coefficient (Wildman–Crippen LogP) is 2.77. The molecule has 0 aromatic carbocycles. The van der Waals surface area contributed by atoms with Crippen molar-refractivity contribution in [2.45, 2.75) is 98.6 Å². The van der Waals surface area contributed by atoms with Gasteiger partial charge in [0.05, 0.1) is 0 Å². The summed E-state index contributed by atoms with van der Waals surface area (Å²) < 4.78 is 11.8. The molecule has 4 aliphatic carbocycles. The van der Waals surface area contributed by atoms with E-state index in [-0.39, 0.29) is 27.2 Å². The van der Waals surface area contributed by atoms with E-state index in [1.54, 1.807) is 0 Å². The van der Waals surface area contributed by atoms with E-state index in [2.05, 4.69) is 47.3 Å². The molecule has 0 radical (unpaired) electrons. The number of fused-ring (bicyclic) bond motifs is 2. The van der Waals surface area contributed by atoms with Gasteiger partial charge in [0.2, 0.25) is 0 Å². The molecular weight excluding hydrogens is 501 g/mol. The number of carbonyl (C=O) groups excluding carboxylic acids is 1. The van der Waals surface area contributed by atoms with Gasteiger partial charge in [-0.2, -0.15) is 0 Å². The number of ether oxygens (including phenoxy) is 2. The number of halogens is 1. The molecule has 172 valence electrons. The van der Waals surface area contributed by atoms with E-state index < -0.39 is 24.8 Å². The Morgan fingerprint density at radius 1 is 1.32 bits per heavy atom. The summed E-state index contributed by atoms with van der Waals surface area (Å²) in [6.45, 7) is 15.5. The van der Waals surface area contributed by atoms with Crippen LogP contribution in [0.2, 0.25) is 0 Å². The van der Waals surface area contributed by atoms with E-state index in [4.69, 9.17) is 14.3 Å². The van der Waals surface area contributed by atoms with Crippen LogP contribution in [0.4, 0.5) is 0 Å². The van der Waals surface area contributed by atoms with Gasteiger partial charge in [0.25, 0.3) is 0 Å². The van der Waals surface area contributed by atoms with Crippen molar-refractivity contribution in [1.29, 1.82) is 0 Å². The summed E-state index contributed by atoms with van der Waals surface area (Å²) in [4.78, 5) is 18.2. The summed E-state index contributed by atoms with van der Waals surface area (Å²) in [5.74, 6) is 2.01. The Balaban J connectivity index is 1.28. The zero-order valence-electron chi connectivity index (χ0n) is 19.9. The fourth-order valence-electron chi connectivity index (χ4n) is 7.62. The number of rotatable bonds is 7. The van der Waals surface area contributed by atoms with Crippen molar-refractivity contribution in [1.82, 2.24) is 0 Å². The molecule has 5 aliphatic rings. The molecule has 5 heteroatoms. The van der Waals surface area contributed by atoms with Gasteiger partial charge < -0.3 is 0 Å². The SMILES string of the molecule is C=C1CC2CC3(OCOC(=O)C4([I-]C(C)(C)CC)[N+]#CCC4(C)C)CC4CC1C2(C4)C3. The van der Waals surface area contributed by atoms with E-state index in [1.165, 1.54) is 24.8 Å². The van der Waals surface area contributed by atoms with Gasteiger partial charge >= 0.3 is 198 Å². The topological polar surface area (TPSA) is 39.9 Å². The van der Waals surface area contributed by atoms with Crippen LogP contribution < -0.4 is 21.2 Å². The fourth-order valence-corrected chi connectivity index (χ4v) is 11.7. The first-order valence-electron chi connectivity index (χ1n) is 12.1. The average Bonchev–Trinajstić information content (AvgIpc) is 3.29. The Kier molecular flexibility index (Phi) is 4.97. The van der Waals surface area contributed by atoms with Gasteiger partial charge in [-0.1, -0.05) is 0 Å². The molecule has 1 heterocycles. The Labute approximate surface area is 198 Å². The van der Waals surface area contributed by atoms with Crippen molar-refractivity contribution in [3.05, 3.63) is 17.0 Å². The molecule has 6 atom stereocenters. The summed E-state index contributed by atoms with van der Waals surface area (Å²) in [5.41, 5.74) is 1.60. The van der Waals surface area contributed by atoms with E-state index >= 15 is 0 Å². The summed E-state index contributed by atoms with van der Waals surface area (Å²) >= 11 is -0.568. The van der Waals surface area contributed by atoms with Crippen molar-refractivity contribution in [3.8, 4) is 6.07 Å². The summed E-state index contributed by atoms with van der Waals surface area (Å²) in [6.07, 6.45) is 8.99. The molecular formula is C26H38INO3. The number of alkyl halides is 2. The monoisotopic (exact) mass is 539 g/mol. The Hall–Kier alpha value is -0.610. The van der Waals surface area contributed by atoms with E-state index in [9.17, 15) is 4.79 Å². The molecule has 4 fully saturated rings. The van der Waals surface area contributed by atoms with Crippen molar-refractivity contribution >= 4 is 5.97 Å². The molecule has 1 aliphatic heterocycles. The average molecular weight is 539 g/mol. The second-order valence-corrected chi connectivity index (χ2v) is 17.3. The van der Waals surface area contributed by atoms with Crippen LogP contribution in [0.25, 0.3) is 4.85 Å². The number of hydrogen-bond donors (Lipinski definition) is 0. The number of allylic oxidation sites excluding steroid dienone is 1. The van der Waals surface area contributed by atoms with Gasteiger partial charge in [0.1, 0.15) is 0 Å². The van der Waals surface area contributed by atoms with Crippen molar-refractivity contribution < 1.29 is 35.5 Å². The predicted molar refractivity (Wildman–Crippen MR) is 117 cm³/mol. The van der Waals surface area contributed by atoms with Gasteiger partial charge in [-0.05, 0) is 0 Å². The first kappa shape index (κ1) is 22.2. The number of nitrogens with zero attached hydrogens (tertiary/aromatic N) is 1. The van der Waals surface area contributed by atoms with Crippen LogP contribution in [-0.4, -0.2) is 25.3 Å². The zero-order valence-corrected chi connectivity index (χ0v) is 22.0. The standard InChI is InChI=1S/C26H38INO3/c1-7-23(5,6)27-26(22(3,4)8-9-28-26)21(29)30-16-31-24-12-18-11-20-17(2)10-19(14-24)25(20,13-18)15-24/h18-20H,2,7-8,10-16H2,1,3-6H3. The normalized spacial score (nSPS) is 43.9. The van der Waals surface area contributed by atoms with Gasteiger partial charge in [-0.15, -0.1) is 0 Å². The third-order valence-corrected chi connectivity index (χ3v) is 14.5. The van der Waals surface area contributed by atoms with Crippen LogP contribution in [-0.2, 0) is 14.3 Å². The molecule has 4 nitrogen and oxygen atoms in total. The van der Waals surface area contributed by atoms with Crippen molar-refractivity contribution in [2.75, 3.05) is 6.79 Å². The second kappa shape index (κ2) is 6.95. The van der Waals surface area contributed by atoms with E-state index in [0.29, 0.717) is 17.8 Å². The quantitative estimate of drug-likeness (QED) is 0.125. The third-order valence-electron chi connectivity index (χ3n) is 9.39. The summed E-state index contributed by atoms with van der Waals surface area (Å²) in [6, 6.07) is 3.14. The van der Waals surface area contributed by atoms with Crippen LogP contribution in [0.3, 0.4) is 0 Å². The second-order valence-electron chi connectivity index (χ2n) is 12.2. The van der Waals surface area contributed by atoms with Crippen molar-refractivity contribution in [3.63, 3.8) is 0 Å². The molecule has 0 aromatic rings. The number of carbonyl (C=O) groups is 1. The molecule has 31 heavy (non-hydrogen) atoms. The molecule has 5 rings (SSSR count). The molecule has 6 unspecified atom stereocenters. The maximum atomic E-state index is 13.5. The molecule has 0 amide bonds. The molecule has 0 aromatic heterocycles. The Bertz CT molecular complexity index is 885. The summed E-state index contributed by atoms with van der Waals surface area (Å²) in [7, 11) is 0. The van der Waals surface area contributed by atoms with Crippen LogP contribution >= 0.6 is 0 Å². The molecule has 1 spiro atoms. The van der Waals surface area contributed by atoms with Gasteiger partial charge in [0, 0.05) is 0 Å². The first-order chi connectivity index (χ1) is 14.5. The first-order valence-corrected chi connectivity index (χ1v) is 14.2. The van der Waals surface area contributed by atoms with Crippen molar-refractivity contribution in [2.24, 2.45) is 28.6 Å². The van der Waals surface area contributed by atoms with Crippen LogP contribution in [0.15, 0.2) is 12.2 Å². The molecule has 0 saturated heterocycles.